The minimum atomic E-state index is -3.96. The summed E-state index contributed by atoms with van der Waals surface area (Å²) >= 11 is 0. The topological polar surface area (TPSA) is 215 Å². The van der Waals surface area contributed by atoms with Gasteiger partial charge in [0.05, 0.1) is 65.2 Å². The van der Waals surface area contributed by atoms with E-state index in [0.717, 1.165) is 0 Å². The maximum absolute atomic E-state index is 13.8. The van der Waals surface area contributed by atoms with E-state index in [2.05, 4.69) is 29.2 Å². The number of nitrogens with zero attached hydrogens (tertiary/aromatic N) is 8. The monoisotopic (exact) mass is 874 g/mol. The molecule has 0 amide bonds. The van der Waals surface area contributed by atoms with E-state index in [1.165, 1.54) is 18.5 Å². The number of hydrogen-bond donors (Lipinski definition) is 3. The van der Waals surface area contributed by atoms with Crippen molar-refractivity contribution in [2.45, 2.75) is 16.3 Å². The predicted molar refractivity (Wildman–Crippen MR) is 233 cm³/mol. The van der Waals surface area contributed by atoms with E-state index in [9.17, 15) is 16.8 Å². The van der Waals surface area contributed by atoms with Crippen molar-refractivity contribution in [2.24, 2.45) is 0 Å². The summed E-state index contributed by atoms with van der Waals surface area (Å²) < 4.78 is 69.4. The lowest BCUT2D eigenvalue weighted by molar-refractivity contribution is 0.122. The fraction of sp³-hybridized carbons (Fsp3) is 0.256. The van der Waals surface area contributed by atoms with Crippen LogP contribution >= 0.6 is 0 Å². The van der Waals surface area contributed by atoms with Crippen LogP contribution in [0.2, 0.25) is 0 Å². The second kappa shape index (κ2) is 17.7. The first-order valence-electron chi connectivity index (χ1n) is 20.0. The Morgan fingerprint density at radius 1 is 0.581 bits per heavy atom. The Hall–Kier alpha value is -6.06. The Morgan fingerprint density at radius 3 is 1.79 bits per heavy atom. The number of aliphatic hydroxyl groups excluding tert-OH is 1. The van der Waals surface area contributed by atoms with Crippen LogP contribution in [0.15, 0.2) is 113 Å². The number of aromatic nitrogens is 6. The molecular formula is C43H42N10O7S2. The van der Waals surface area contributed by atoms with Crippen LogP contribution in [-0.4, -0.2) is 118 Å². The van der Waals surface area contributed by atoms with Gasteiger partial charge < -0.3 is 24.4 Å². The number of morpholine rings is 2. The molecule has 0 saturated carbocycles. The standard InChI is InChI=1S/C43H42N10O7S2/c54-19-14-46-61(55,56)33-8-2-5-30(25-33)36-11-13-38-40(49-36)43(53-17-22-60-23-18-53)51-41(50-38)32-7-1-4-29(24-32)27-47-62(57,58)34-9-3-6-31(26-34)35-10-12-37-39(48-35)42(45-28-44-37)52-15-20-59-21-16-52/h1-13,24-26,28,46-47,54H,14-23,27H2. The molecule has 9 rings (SSSR count). The summed E-state index contributed by atoms with van der Waals surface area (Å²) in [5, 5.41) is 9.14. The van der Waals surface area contributed by atoms with Gasteiger partial charge in [0.1, 0.15) is 17.4 Å². The molecule has 17 nitrogen and oxygen atoms in total. The van der Waals surface area contributed by atoms with Crippen molar-refractivity contribution < 1.29 is 31.4 Å². The Kier molecular flexibility index (Phi) is 11.8. The molecule has 7 aromatic rings. The van der Waals surface area contributed by atoms with Gasteiger partial charge in [-0.25, -0.2) is 56.2 Å². The Morgan fingerprint density at radius 2 is 1.15 bits per heavy atom. The molecule has 19 heteroatoms. The number of ether oxygens (including phenoxy) is 2. The van der Waals surface area contributed by atoms with E-state index < -0.39 is 20.0 Å². The summed E-state index contributed by atoms with van der Waals surface area (Å²) in [7, 11) is -7.80. The number of hydrogen-bond acceptors (Lipinski definition) is 15. The van der Waals surface area contributed by atoms with Crippen LogP contribution in [0.1, 0.15) is 5.56 Å². The van der Waals surface area contributed by atoms with E-state index in [4.69, 9.17) is 34.5 Å². The molecule has 62 heavy (non-hydrogen) atoms. The molecule has 0 bridgehead atoms. The molecule has 2 aliphatic heterocycles. The average Bonchev–Trinajstić information content (AvgIpc) is 3.32. The second-order valence-electron chi connectivity index (χ2n) is 14.6. The molecule has 2 fully saturated rings. The molecule has 0 aliphatic carbocycles. The first kappa shape index (κ1) is 41.3. The summed E-state index contributed by atoms with van der Waals surface area (Å²) in [6.07, 6.45) is 1.52. The first-order valence-corrected chi connectivity index (χ1v) is 23.0. The molecule has 0 atom stereocenters. The SMILES string of the molecule is O=S(=O)(NCCO)c1cccc(-c2ccc3nc(-c4cccc(CNS(=O)(=O)c5cccc(-c6ccc7ncnc(N8CCOCC8)c7n6)c5)c4)nc(N4CCOCC4)c3n2)c1. The number of anilines is 2. The summed E-state index contributed by atoms with van der Waals surface area (Å²) in [4.78, 5) is 33.0. The minimum Gasteiger partial charge on any atom is -0.395 e. The third-order valence-corrected chi connectivity index (χ3v) is 13.4. The minimum absolute atomic E-state index is 0.00793. The second-order valence-corrected chi connectivity index (χ2v) is 18.1. The largest absolute Gasteiger partial charge is 0.395 e. The van der Waals surface area contributed by atoms with Crippen LogP contribution in [0.4, 0.5) is 11.6 Å². The summed E-state index contributed by atoms with van der Waals surface area (Å²) in [5.74, 6) is 1.74. The summed E-state index contributed by atoms with van der Waals surface area (Å²) in [6.45, 7) is 4.30. The van der Waals surface area contributed by atoms with E-state index in [1.54, 1.807) is 36.4 Å². The van der Waals surface area contributed by atoms with Crippen molar-refractivity contribution >= 4 is 53.7 Å². The Balaban J connectivity index is 0.973. The van der Waals surface area contributed by atoms with Gasteiger partial charge in [0, 0.05) is 56.0 Å². The maximum atomic E-state index is 13.8. The number of pyridine rings is 2. The van der Waals surface area contributed by atoms with Crippen LogP contribution in [0.5, 0.6) is 0 Å². The van der Waals surface area contributed by atoms with Gasteiger partial charge in [0.2, 0.25) is 20.0 Å². The van der Waals surface area contributed by atoms with Crippen LogP contribution < -0.4 is 19.2 Å². The molecule has 2 saturated heterocycles. The molecule has 0 unspecified atom stereocenters. The van der Waals surface area contributed by atoms with Crippen molar-refractivity contribution in [1.82, 2.24) is 39.3 Å². The van der Waals surface area contributed by atoms with Gasteiger partial charge in [-0.3, -0.25) is 0 Å². The molecule has 3 aromatic carbocycles. The van der Waals surface area contributed by atoms with Crippen molar-refractivity contribution in [3.8, 4) is 33.9 Å². The zero-order valence-electron chi connectivity index (χ0n) is 33.4. The van der Waals surface area contributed by atoms with E-state index in [-0.39, 0.29) is 29.5 Å². The fourth-order valence-corrected chi connectivity index (χ4v) is 9.50. The van der Waals surface area contributed by atoms with Gasteiger partial charge in [0.15, 0.2) is 17.5 Å². The lowest BCUT2D eigenvalue weighted by atomic mass is 10.1. The highest BCUT2D eigenvalue weighted by molar-refractivity contribution is 7.89. The number of sulfonamides is 2. The van der Waals surface area contributed by atoms with Gasteiger partial charge in [-0.15, -0.1) is 0 Å². The van der Waals surface area contributed by atoms with Crippen molar-refractivity contribution in [1.29, 1.82) is 0 Å². The molecule has 6 heterocycles. The van der Waals surface area contributed by atoms with Gasteiger partial charge >= 0.3 is 0 Å². The first-order chi connectivity index (χ1) is 30.1. The van der Waals surface area contributed by atoms with Gasteiger partial charge in [-0.2, -0.15) is 0 Å². The van der Waals surface area contributed by atoms with Crippen molar-refractivity contribution in [2.75, 3.05) is 75.6 Å². The quantitative estimate of drug-likeness (QED) is 0.150. The molecule has 4 aromatic heterocycles. The van der Waals surface area contributed by atoms with E-state index in [1.807, 2.05) is 48.5 Å². The van der Waals surface area contributed by atoms with Crippen LogP contribution in [-0.2, 0) is 36.1 Å². The fourth-order valence-electron chi connectivity index (χ4n) is 7.37. The molecular weight excluding hydrogens is 833 g/mol. The predicted octanol–water partition coefficient (Wildman–Crippen LogP) is 3.79. The van der Waals surface area contributed by atoms with E-state index >= 15 is 0 Å². The number of nitrogens with one attached hydrogen (secondary N) is 2. The van der Waals surface area contributed by atoms with Crippen LogP contribution in [0.3, 0.4) is 0 Å². The zero-order valence-corrected chi connectivity index (χ0v) is 35.0. The highest BCUT2D eigenvalue weighted by Crippen LogP contribution is 2.32. The molecule has 2 aliphatic rings. The number of fused-ring (bicyclic) bond motifs is 2. The summed E-state index contributed by atoms with van der Waals surface area (Å²) in [6, 6.07) is 27.8. The molecule has 0 spiro atoms. The lowest BCUT2D eigenvalue weighted by Gasteiger charge is -2.28. The molecule has 3 N–H and O–H groups in total. The number of rotatable bonds is 13. The third-order valence-electron chi connectivity index (χ3n) is 10.5. The van der Waals surface area contributed by atoms with Gasteiger partial charge in [-0.1, -0.05) is 42.5 Å². The third kappa shape index (κ3) is 8.82. The molecule has 0 radical (unpaired) electrons. The number of benzene rings is 3. The average molecular weight is 875 g/mol. The smallest absolute Gasteiger partial charge is 0.240 e. The maximum Gasteiger partial charge on any atom is 0.240 e. The lowest BCUT2D eigenvalue weighted by Crippen LogP contribution is -2.37. The Labute approximate surface area is 358 Å². The van der Waals surface area contributed by atoms with Crippen molar-refractivity contribution in [3.63, 3.8) is 0 Å². The normalized spacial score (nSPS) is 15.0. The van der Waals surface area contributed by atoms with Gasteiger partial charge in [-0.05, 0) is 60.2 Å². The van der Waals surface area contributed by atoms with Gasteiger partial charge in [0.25, 0.3) is 0 Å². The van der Waals surface area contributed by atoms with E-state index in [0.29, 0.717) is 126 Å². The highest BCUT2D eigenvalue weighted by atomic mass is 32.2. The summed E-state index contributed by atoms with van der Waals surface area (Å²) in [5.41, 5.74) is 6.16. The van der Waals surface area contributed by atoms with Crippen molar-refractivity contribution in [3.05, 3.63) is 109 Å². The van der Waals surface area contributed by atoms with Crippen LogP contribution in [0.25, 0.3) is 56.0 Å². The van der Waals surface area contributed by atoms with Crippen LogP contribution in [0, 0.1) is 0 Å². The Bertz CT molecular complexity index is 3000. The number of aliphatic hydroxyl groups is 1. The highest BCUT2D eigenvalue weighted by Gasteiger charge is 2.23. The zero-order chi connectivity index (χ0) is 42.7. The molecule has 318 valence electrons.